The molecule has 0 spiro atoms. The van der Waals surface area contributed by atoms with Gasteiger partial charge in [-0.25, -0.2) is 4.98 Å². The maximum Gasteiger partial charge on any atom is 0.233 e. The van der Waals surface area contributed by atoms with Crippen LogP contribution in [-0.2, 0) is 19.2 Å². The van der Waals surface area contributed by atoms with Crippen molar-refractivity contribution < 1.29 is 19.2 Å². The molecule has 1 aliphatic carbocycles. The zero-order valence-corrected chi connectivity index (χ0v) is 16.9. The Labute approximate surface area is 171 Å². The second-order valence-corrected chi connectivity index (χ2v) is 8.54. The summed E-state index contributed by atoms with van der Waals surface area (Å²) < 4.78 is 0.834. The first-order chi connectivity index (χ1) is 13.9. The molecule has 2 unspecified atom stereocenters. The Morgan fingerprint density at radius 2 is 1.83 bits per heavy atom. The van der Waals surface area contributed by atoms with Crippen LogP contribution in [0.3, 0.4) is 0 Å². The maximum atomic E-state index is 12.5. The van der Waals surface area contributed by atoms with Crippen molar-refractivity contribution in [1.82, 2.24) is 9.88 Å². The quantitative estimate of drug-likeness (QED) is 0.732. The molecule has 1 aromatic heterocycles. The van der Waals surface area contributed by atoms with E-state index in [0.29, 0.717) is 10.8 Å². The van der Waals surface area contributed by atoms with Crippen molar-refractivity contribution in [1.29, 1.82) is 0 Å². The molecule has 29 heavy (non-hydrogen) atoms. The van der Waals surface area contributed by atoms with Crippen molar-refractivity contribution in [3.8, 4) is 0 Å². The van der Waals surface area contributed by atoms with Crippen molar-refractivity contribution in [3.05, 3.63) is 18.2 Å². The fourth-order valence-corrected chi connectivity index (χ4v) is 5.05. The van der Waals surface area contributed by atoms with Gasteiger partial charge in [-0.05, 0) is 31.0 Å². The highest BCUT2D eigenvalue weighted by molar-refractivity contribution is 7.22. The summed E-state index contributed by atoms with van der Waals surface area (Å²) in [5.74, 6) is -1.07. The van der Waals surface area contributed by atoms with Crippen LogP contribution in [0.4, 0.5) is 10.8 Å². The molecule has 2 atom stereocenters. The van der Waals surface area contributed by atoms with Crippen LogP contribution >= 0.6 is 11.3 Å². The van der Waals surface area contributed by atoms with Crippen molar-refractivity contribution in [3.63, 3.8) is 0 Å². The van der Waals surface area contributed by atoms with Crippen LogP contribution in [0.5, 0.6) is 0 Å². The minimum absolute atomic E-state index is 0.0643. The molecule has 2 aromatic rings. The van der Waals surface area contributed by atoms with Gasteiger partial charge in [0.25, 0.3) is 0 Å². The Morgan fingerprint density at radius 1 is 1.14 bits per heavy atom. The van der Waals surface area contributed by atoms with E-state index in [1.807, 2.05) is 0 Å². The predicted molar refractivity (Wildman–Crippen MR) is 109 cm³/mol. The highest BCUT2D eigenvalue weighted by Gasteiger charge is 2.47. The van der Waals surface area contributed by atoms with Gasteiger partial charge in [-0.15, -0.1) is 0 Å². The molecule has 1 saturated carbocycles. The number of nitrogens with zero attached hydrogens (tertiary/aromatic N) is 2. The normalized spacial score (nSPS) is 21.3. The van der Waals surface area contributed by atoms with E-state index >= 15 is 0 Å². The first-order valence-electron chi connectivity index (χ1n) is 9.75. The van der Waals surface area contributed by atoms with Crippen molar-refractivity contribution in [2.75, 3.05) is 17.2 Å². The number of fused-ring (bicyclic) bond motifs is 2. The Kier molecular flexibility index (Phi) is 5.31. The summed E-state index contributed by atoms with van der Waals surface area (Å²) in [6.07, 6.45) is 3.58. The zero-order valence-electron chi connectivity index (χ0n) is 16.1. The molecule has 4 amide bonds. The molecule has 2 aliphatic rings. The van der Waals surface area contributed by atoms with Gasteiger partial charge in [0.1, 0.15) is 0 Å². The smallest absolute Gasteiger partial charge is 0.233 e. The number of imide groups is 1. The summed E-state index contributed by atoms with van der Waals surface area (Å²) in [7, 11) is 0. The fraction of sp³-hybridized carbons (Fsp3) is 0.450. The molecule has 0 radical (unpaired) electrons. The van der Waals surface area contributed by atoms with Gasteiger partial charge < -0.3 is 10.6 Å². The van der Waals surface area contributed by atoms with Gasteiger partial charge in [-0.2, -0.15) is 0 Å². The van der Waals surface area contributed by atoms with Gasteiger partial charge in [0, 0.05) is 25.6 Å². The number of carbonyl (C=O) groups excluding carboxylic acids is 4. The van der Waals surface area contributed by atoms with Crippen LogP contribution in [0.25, 0.3) is 10.2 Å². The van der Waals surface area contributed by atoms with Gasteiger partial charge in [0.15, 0.2) is 5.13 Å². The van der Waals surface area contributed by atoms with E-state index in [0.717, 1.165) is 35.9 Å². The third kappa shape index (κ3) is 4.00. The van der Waals surface area contributed by atoms with Crippen LogP contribution in [0.1, 0.15) is 39.0 Å². The van der Waals surface area contributed by atoms with E-state index in [-0.39, 0.29) is 48.4 Å². The summed E-state index contributed by atoms with van der Waals surface area (Å²) in [4.78, 5) is 54.1. The zero-order chi connectivity index (χ0) is 20.5. The van der Waals surface area contributed by atoms with Gasteiger partial charge in [0.05, 0.1) is 22.1 Å². The summed E-state index contributed by atoms with van der Waals surface area (Å²) in [5, 5.41) is 5.95. The van der Waals surface area contributed by atoms with Gasteiger partial charge in [-0.1, -0.05) is 24.2 Å². The van der Waals surface area contributed by atoms with Crippen LogP contribution in [0.2, 0.25) is 0 Å². The number of likely N-dealkylation sites (tertiary alicyclic amines) is 1. The Hall–Kier alpha value is -2.81. The molecule has 1 aromatic carbocycles. The summed E-state index contributed by atoms with van der Waals surface area (Å²) >= 11 is 1.32. The highest BCUT2D eigenvalue weighted by Crippen LogP contribution is 2.38. The molecular weight excluding hydrogens is 392 g/mol. The second kappa shape index (κ2) is 7.90. The number of thiazole rings is 1. The number of aromatic nitrogens is 1. The topological polar surface area (TPSA) is 108 Å². The van der Waals surface area contributed by atoms with Gasteiger partial charge >= 0.3 is 0 Å². The summed E-state index contributed by atoms with van der Waals surface area (Å²) in [5.41, 5.74) is 1.33. The van der Waals surface area contributed by atoms with Crippen LogP contribution in [0, 0.1) is 11.8 Å². The largest absolute Gasteiger partial charge is 0.326 e. The lowest BCUT2D eigenvalue weighted by Gasteiger charge is -2.19. The third-order valence-electron chi connectivity index (χ3n) is 5.45. The van der Waals surface area contributed by atoms with E-state index in [1.54, 1.807) is 18.2 Å². The minimum atomic E-state index is -0.258. The predicted octanol–water partition coefficient (Wildman–Crippen LogP) is 2.76. The number of rotatable bonds is 5. The molecule has 1 aliphatic heterocycles. The third-order valence-corrected chi connectivity index (χ3v) is 6.38. The van der Waals surface area contributed by atoms with Crippen molar-refractivity contribution in [2.24, 2.45) is 11.8 Å². The van der Waals surface area contributed by atoms with Crippen LogP contribution < -0.4 is 10.6 Å². The number of anilines is 2. The highest BCUT2D eigenvalue weighted by atomic mass is 32.1. The first kappa shape index (κ1) is 19.5. The molecule has 0 bridgehead atoms. The monoisotopic (exact) mass is 414 g/mol. The molecular formula is C20H22N4O4S. The minimum Gasteiger partial charge on any atom is -0.326 e. The molecule has 152 valence electrons. The second-order valence-electron chi connectivity index (χ2n) is 7.51. The van der Waals surface area contributed by atoms with E-state index in [1.165, 1.54) is 23.2 Å². The van der Waals surface area contributed by atoms with Crippen LogP contribution in [-0.4, -0.2) is 40.1 Å². The molecule has 4 rings (SSSR count). The average Bonchev–Trinajstić information content (AvgIpc) is 3.18. The molecule has 8 nitrogen and oxygen atoms in total. The standard InChI is InChI=1S/C20H22N4O4S/c1-11(25)21-20-23-15-7-6-12(10-16(15)29-20)22-17(26)8-9-24-18(27)13-4-2-3-5-14(13)19(24)28/h6-7,10,13-14H,2-5,8-9H2,1H3,(H,22,26)(H,21,23,25). The van der Waals surface area contributed by atoms with Crippen molar-refractivity contribution in [2.45, 2.75) is 39.0 Å². The summed E-state index contributed by atoms with van der Waals surface area (Å²) in [6.45, 7) is 1.54. The lowest BCUT2D eigenvalue weighted by molar-refractivity contribution is -0.140. The summed E-state index contributed by atoms with van der Waals surface area (Å²) in [6, 6.07) is 5.29. The Morgan fingerprint density at radius 3 is 2.48 bits per heavy atom. The average molecular weight is 414 g/mol. The van der Waals surface area contributed by atoms with Crippen LogP contribution in [0.15, 0.2) is 18.2 Å². The van der Waals surface area contributed by atoms with Crippen molar-refractivity contribution >= 4 is 56.0 Å². The number of amides is 4. The maximum absolute atomic E-state index is 12.5. The fourth-order valence-electron chi connectivity index (χ4n) is 4.09. The lowest BCUT2D eigenvalue weighted by Crippen LogP contribution is -2.34. The first-order valence-corrected chi connectivity index (χ1v) is 10.6. The molecule has 2 N–H and O–H groups in total. The number of benzene rings is 1. The molecule has 1 saturated heterocycles. The Bertz CT molecular complexity index is 978. The van der Waals surface area contributed by atoms with E-state index < -0.39 is 0 Å². The van der Waals surface area contributed by atoms with E-state index in [2.05, 4.69) is 15.6 Å². The SMILES string of the molecule is CC(=O)Nc1nc2ccc(NC(=O)CCN3C(=O)C4CCCCC4C3=O)cc2s1. The van der Waals surface area contributed by atoms with Gasteiger partial charge in [0.2, 0.25) is 23.6 Å². The molecule has 2 fully saturated rings. The van der Waals surface area contributed by atoms with E-state index in [9.17, 15) is 19.2 Å². The van der Waals surface area contributed by atoms with Gasteiger partial charge in [-0.3, -0.25) is 24.1 Å². The number of hydrogen-bond donors (Lipinski definition) is 2. The number of carbonyl (C=O) groups is 4. The van der Waals surface area contributed by atoms with E-state index in [4.69, 9.17) is 0 Å². The lowest BCUT2D eigenvalue weighted by atomic mass is 9.81. The molecule has 2 heterocycles. The number of nitrogens with one attached hydrogen (secondary N) is 2. The molecule has 9 heteroatoms. The number of hydrogen-bond acceptors (Lipinski definition) is 6. The Balaban J connectivity index is 1.36.